The van der Waals surface area contributed by atoms with Crippen LogP contribution in [0.1, 0.15) is 6.92 Å². The highest BCUT2D eigenvalue weighted by Gasteiger charge is 1.86. The van der Waals surface area contributed by atoms with Gasteiger partial charge in [-0.1, -0.05) is 24.3 Å². The first-order valence-electron chi connectivity index (χ1n) is 4.33. The number of allylic oxidation sites excluding steroid dienone is 1. The zero-order valence-corrected chi connectivity index (χ0v) is 7.97. The first kappa shape index (κ1) is 10.2. The SMILES string of the molecule is CC=C=O.c1ccc2ncccc2c1. The third-order valence-corrected chi connectivity index (χ3v) is 1.63. The molecular formula is C12H11NO. The maximum absolute atomic E-state index is 8.99. The molecule has 0 aliphatic rings. The predicted molar refractivity (Wildman–Crippen MR) is 57.7 cm³/mol. The number of benzene rings is 1. The standard InChI is InChI=1S/C9H7N.C3H4O/c1-2-6-9-8(4-1)5-3-7-10-9;1-2-3-4/h1-7H;2H,1H3. The van der Waals surface area contributed by atoms with Gasteiger partial charge in [-0.15, -0.1) is 0 Å². The van der Waals surface area contributed by atoms with E-state index in [0.29, 0.717) is 0 Å². The number of aromatic nitrogens is 1. The number of rotatable bonds is 0. The van der Waals surface area contributed by atoms with Crippen LogP contribution >= 0.6 is 0 Å². The fraction of sp³-hybridized carbons (Fsp3) is 0.0833. The Morgan fingerprint density at radius 1 is 1.21 bits per heavy atom. The third-order valence-electron chi connectivity index (χ3n) is 1.63. The van der Waals surface area contributed by atoms with E-state index >= 15 is 0 Å². The number of carbonyl (C=O) groups excluding carboxylic acids is 1. The summed E-state index contributed by atoms with van der Waals surface area (Å²) in [5.74, 6) is 1.56. The van der Waals surface area contributed by atoms with Crippen LogP contribution in [-0.4, -0.2) is 10.9 Å². The molecule has 0 radical (unpaired) electrons. The molecule has 0 saturated heterocycles. The van der Waals surface area contributed by atoms with E-state index in [-0.39, 0.29) is 0 Å². The van der Waals surface area contributed by atoms with Gasteiger partial charge in [0.05, 0.1) is 5.52 Å². The van der Waals surface area contributed by atoms with Crippen molar-refractivity contribution in [2.24, 2.45) is 0 Å². The summed E-state index contributed by atoms with van der Waals surface area (Å²) in [7, 11) is 0. The van der Waals surface area contributed by atoms with E-state index in [1.807, 2.05) is 30.5 Å². The summed E-state index contributed by atoms with van der Waals surface area (Å²) >= 11 is 0. The molecule has 14 heavy (non-hydrogen) atoms. The zero-order chi connectivity index (χ0) is 10.2. The van der Waals surface area contributed by atoms with Crippen molar-refractivity contribution in [2.75, 3.05) is 0 Å². The van der Waals surface area contributed by atoms with Gasteiger partial charge in [-0.25, -0.2) is 4.79 Å². The molecule has 0 fully saturated rings. The summed E-state index contributed by atoms with van der Waals surface area (Å²) in [6.07, 6.45) is 3.13. The van der Waals surface area contributed by atoms with Crippen molar-refractivity contribution in [2.45, 2.75) is 6.92 Å². The molecule has 1 aromatic heterocycles. The van der Waals surface area contributed by atoms with Crippen LogP contribution in [0, 0.1) is 0 Å². The van der Waals surface area contributed by atoms with E-state index in [4.69, 9.17) is 4.79 Å². The first-order chi connectivity index (χ1) is 6.88. The van der Waals surface area contributed by atoms with E-state index in [1.165, 1.54) is 11.5 Å². The second-order valence-electron chi connectivity index (χ2n) is 2.60. The Hall–Kier alpha value is -1.92. The maximum Gasteiger partial charge on any atom is 0.119 e. The minimum absolute atomic E-state index is 1.06. The molecule has 0 spiro atoms. The summed E-state index contributed by atoms with van der Waals surface area (Å²) in [6.45, 7) is 1.63. The molecule has 0 atom stereocenters. The second kappa shape index (κ2) is 5.68. The molecule has 0 amide bonds. The predicted octanol–water partition coefficient (Wildman–Crippen LogP) is 2.63. The smallest absolute Gasteiger partial charge is 0.119 e. The average molecular weight is 185 g/mol. The molecular weight excluding hydrogens is 174 g/mol. The van der Waals surface area contributed by atoms with Crippen molar-refractivity contribution in [1.82, 2.24) is 4.98 Å². The molecule has 0 unspecified atom stereocenters. The van der Waals surface area contributed by atoms with E-state index in [1.54, 1.807) is 12.9 Å². The van der Waals surface area contributed by atoms with Crippen LogP contribution in [0.2, 0.25) is 0 Å². The van der Waals surface area contributed by atoms with E-state index in [2.05, 4.69) is 17.1 Å². The molecule has 0 saturated carbocycles. The van der Waals surface area contributed by atoms with Crippen LogP contribution in [0.25, 0.3) is 10.9 Å². The molecule has 1 heterocycles. The van der Waals surface area contributed by atoms with Crippen molar-refractivity contribution >= 4 is 16.8 Å². The number of hydrogen-bond donors (Lipinski definition) is 0. The van der Waals surface area contributed by atoms with E-state index in [0.717, 1.165) is 5.52 Å². The van der Waals surface area contributed by atoms with Crippen LogP contribution < -0.4 is 0 Å². The van der Waals surface area contributed by atoms with Crippen LogP contribution in [0.5, 0.6) is 0 Å². The van der Waals surface area contributed by atoms with Gasteiger partial charge in [0.15, 0.2) is 0 Å². The van der Waals surface area contributed by atoms with Crippen molar-refractivity contribution in [3.63, 3.8) is 0 Å². The van der Waals surface area contributed by atoms with Gasteiger partial charge in [-0.05, 0) is 25.1 Å². The fourth-order valence-corrected chi connectivity index (χ4v) is 1.02. The average Bonchev–Trinajstić information content (AvgIpc) is 2.30. The molecule has 2 aromatic rings. The van der Waals surface area contributed by atoms with Gasteiger partial charge in [0.1, 0.15) is 5.94 Å². The Kier molecular flexibility index (Phi) is 4.12. The highest BCUT2D eigenvalue weighted by Crippen LogP contribution is 2.07. The largest absolute Gasteiger partial charge is 0.256 e. The summed E-state index contributed by atoms with van der Waals surface area (Å²) in [4.78, 5) is 13.2. The monoisotopic (exact) mass is 185 g/mol. The Morgan fingerprint density at radius 2 is 1.86 bits per heavy atom. The van der Waals surface area contributed by atoms with E-state index < -0.39 is 0 Å². The van der Waals surface area contributed by atoms with Gasteiger partial charge in [0, 0.05) is 11.6 Å². The maximum atomic E-state index is 8.99. The van der Waals surface area contributed by atoms with Gasteiger partial charge in [0.25, 0.3) is 0 Å². The van der Waals surface area contributed by atoms with Crippen LogP contribution in [-0.2, 0) is 4.79 Å². The Morgan fingerprint density at radius 3 is 2.50 bits per heavy atom. The lowest BCUT2D eigenvalue weighted by atomic mass is 10.2. The molecule has 0 aliphatic heterocycles. The molecule has 0 N–H and O–H groups in total. The van der Waals surface area contributed by atoms with Crippen molar-refractivity contribution in [3.05, 3.63) is 48.7 Å². The van der Waals surface area contributed by atoms with Gasteiger partial charge < -0.3 is 0 Å². The van der Waals surface area contributed by atoms with E-state index in [9.17, 15) is 0 Å². The number of para-hydroxylation sites is 1. The van der Waals surface area contributed by atoms with Crippen molar-refractivity contribution < 1.29 is 4.79 Å². The summed E-state index contributed by atoms with van der Waals surface area (Å²) in [5, 5.41) is 1.20. The van der Waals surface area contributed by atoms with Gasteiger partial charge in [0.2, 0.25) is 0 Å². The Balaban J connectivity index is 0.000000213. The molecule has 1 aromatic carbocycles. The molecule has 2 rings (SSSR count). The first-order valence-corrected chi connectivity index (χ1v) is 4.33. The summed E-state index contributed by atoms with van der Waals surface area (Å²) in [6, 6.07) is 12.1. The number of nitrogens with zero attached hydrogens (tertiary/aromatic N) is 1. The fourth-order valence-electron chi connectivity index (χ4n) is 1.02. The number of fused-ring (bicyclic) bond motifs is 1. The molecule has 2 nitrogen and oxygen atoms in total. The van der Waals surface area contributed by atoms with Crippen LogP contribution in [0.15, 0.2) is 48.7 Å². The van der Waals surface area contributed by atoms with Gasteiger partial charge >= 0.3 is 0 Å². The van der Waals surface area contributed by atoms with Gasteiger partial charge in [-0.3, -0.25) is 4.98 Å². The lowest BCUT2D eigenvalue weighted by Gasteiger charge is -1.91. The number of pyridine rings is 1. The minimum atomic E-state index is 1.06. The van der Waals surface area contributed by atoms with Crippen LogP contribution in [0.3, 0.4) is 0 Å². The lowest BCUT2D eigenvalue weighted by Crippen LogP contribution is -1.73. The summed E-state index contributed by atoms with van der Waals surface area (Å²) < 4.78 is 0. The Labute approximate surface area is 82.9 Å². The second-order valence-corrected chi connectivity index (χ2v) is 2.60. The van der Waals surface area contributed by atoms with Crippen molar-refractivity contribution in [3.8, 4) is 0 Å². The summed E-state index contributed by atoms with van der Waals surface area (Å²) in [5.41, 5.74) is 1.06. The highest BCUT2D eigenvalue weighted by molar-refractivity contribution is 5.77. The number of hydrogen-bond acceptors (Lipinski definition) is 2. The topological polar surface area (TPSA) is 30.0 Å². The molecule has 0 bridgehead atoms. The van der Waals surface area contributed by atoms with Gasteiger partial charge in [-0.2, -0.15) is 0 Å². The molecule has 70 valence electrons. The van der Waals surface area contributed by atoms with Crippen LogP contribution in [0.4, 0.5) is 0 Å². The van der Waals surface area contributed by atoms with Crippen molar-refractivity contribution in [1.29, 1.82) is 0 Å². The Bertz CT molecular complexity index is 379. The minimum Gasteiger partial charge on any atom is -0.256 e. The molecule has 2 heteroatoms. The normalized spacial score (nSPS) is 8.36. The lowest BCUT2D eigenvalue weighted by molar-refractivity contribution is 0.568. The quantitative estimate of drug-likeness (QED) is 0.590. The highest BCUT2D eigenvalue weighted by atomic mass is 16.1. The third kappa shape index (κ3) is 2.85. The zero-order valence-electron chi connectivity index (χ0n) is 7.97. The molecule has 0 aliphatic carbocycles.